The molecule has 0 amide bonds. The van der Waals surface area contributed by atoms with Crippen LogP contribution in [0.25, 0.3) is 0 Å². The lowest BCUT2D eigenvalue weighted by atomic mass is 9.97. The monoisotopic (exact) mass is 178 g/mol. The highest BCUT2D eigenvalue weighted by Crippen LogP contribution is 2.23. The smallest absolute Gasteiger partial charge is 0.170 e. The molecule has 1 atom stereocenters. The Morgan fingerprint density at radius 2 is 2.38 bits per heavy atom. The number of aryl methyl sites for hydroxylation is 1. The number of hydrogen-bond donors (Lipinski definition) is 0. The molecule has 1 unspecified atom stereocenters. The summed E-state index contributed by atoms with van der Waals surface area (Å²) in [5, 5.41) is 0. The van der Waals surface area contributed by atoms with Gasteiger partial charge in [-0.25, -0.2) is 4.98 Å². The standard InChI is InChI=1S/C10H14N2O/c1-7-3-4-12-8(2)11-9(6-13)10(12)5-7/h6-7H,3-5H2,1-2H3. The van der Waals surface area contributed by atoms with Crippen LogP contribution in [0.4, 0.5) is 0 Å². The van der Waals surface area contributed by atoms with Crippen molar-refractivity contribution in [3.8, 4) is 0 Å². The van der Waals surface area contributed by atoms with E-state index in [-0.39, 0.29) is 0 Å². The maximum atomic E-state index is 10.7. The molecule has 0 saturated heterocycles. The van der Waals surface area contributed by atoms with Gasteiger partial charge in [0.1, 0.15) is 11.5 Å². The van der Waals surface area contributed by atoms with E-state index in [9.17, 15) is 4.79 Å². The SMILES string of the molecule is Cc1nc(C=O)c2n1CCC(C)C2. The predicted octanol–water partition coefficient (Wildman–Crippen LogP) is 1.59. The van der Waals surface area contributed by atoms with Crippen molar-refractivity contribution in [2.24, 2.45) is 5.92 Å². The first-order valence-corrected chi connectivity index (χ1v) is 4.73. The van der Waals surface area contributed by atoms with Crippen molar-refractivity contribution in [1.82, 2.24) is 9.55 Å². The van der Waals surface area contributed by atoms with Crippen LogP contribution in [-0.2, 0) is 13.0 Å². The fourth-order valence-corrected chi connectivity index (χ4v) is 2.02. The molecule has 0 aromatic carbocycles. The van der Waals surface area contributed by atoms with E-state index in [1.165, 1.54) is 6.42 Å². The quantitative estimate of drug-likeness (QED) is 0.612. The molecule has 0 radical (unpaired) electrons. The van der Waals surface area contributed by atoms with Crippen molar-refractivity contribution in [3.63, 3.8) is 0 Å². The minimum absolute atomic E-state index is 0.643. The molecule has 2 heterocycles. The molecule has 1 aromatic rings. The molecule has 2 rings (SSSR count). The molecule has 0 saturated carbocycles. The summed E-state index contributed by atoms with van der Waals surface area (Å²) in [6.07, 6.45) is 3.06. The van der Waals surface area contributed by atoms with Crippen molar-refractivity contribution >= 4 is 6.29 Å². The van der Waals surface area contributed by atoms with Crippen molar-refractivity contribution < 1.29 is 4.79 Å². The van der Waals surface area contributed by atoms with Crippen LogP contribution in [0, 0.1) is 12.8 Å². The van der Waals surface area contributed by atoms with Crippen LogP contribution in [0.1, 0.15) is 35.4 Å². The van der Waals surface area contributed by atoms with Crippen molar-refractivity contribution in [3.05, 3.63) is 17.2 Å². The van der Waals surface area contributed by atoms with Gasteiger partial charge in [0.25, 0.3) is 0 Å². The molecule has 0 spiro atoms. The first kappa shape index (κ1) is 8.48. The van der Waals surface area contributed by atoms with Crippen LogP contribution in [0.2, 0.25) is 0 Å². The van der Waals surface area contributed by atoms with Gasteiger partial charge in [-0.3, -0.25) is 4.79 Å². The van der Waals surface area contributed by atoms with E-state index in [0.29, 0.717) is 11.6 Å². The molecular weight excluding hydrogens is 164 g/mol. The maximum absolute atomic E-state index is 10.7. The number of carbonyl (C=O) groups is 1. The molecule has 0 N–H and O–H groups in total. The topological polar surface area (TPSA) is 34.9 Å². The third-order valence-corrected chi connectivity index (χ3v) is 2.79. The Balaban J connectivity index is 2.48. The zero-order valence-electron chi connectivity index (χ0n) is 8.08. The normalized spacial score (nSPS) is 21.2. The molecule has 3 heteroatoms. The summed E-state index contributed by atoms with van der Waals surface area (Å²) in [5.74, 6) is 1.66. The Labute approximate surface area is 77.8 Å². The van der Waals surface area contributed by atoms with Crippen molar-refractivity contribution in [2.45, 2.75) is 33.2 Å². The average molecular weight is 178 g/mol. The lowest BCUT2D eigenvalue weighted by Crippen LogP contribution is -2.18. The van der Waals surface area contributed by atoms with Gasteiger partial charge in [-0.15, -0.1) is 0 Å². The molecule has 3 nitrogen and oxygen atoms in total. The van der Waals surface area contributed by atoms with Crippen LogP contribution in [-0.4, -0.2) is 15.8 Å². The lowest BCUT2D eigenvalue weighted by Gasteiger charge is -2.21. The maximum Gasteiger partial charge on any atom is 0.170 e. The number of rotatable bonds is 1. The number of hydrogen-bond acceptors (Lipinski definition) is 2. The van der Waals surface area contributed by atoms with E-state index in [0.717, 1.165) is 30.8 Å². The van der Waals surface area contributed by atoms with Gasteiger partial charge in [0.2, 0.25) is 0 Å². The molecule has 70 valence electrons. The van der Waals surface area contributed by atoms with E-state index >= 15 is 0 Å². The number of imidazole rings is 1. The van der Waals surface area contributed by atoms with Crippen LogP contribution >= 0.6 is 0 Å². The van der Waals surface area contributed by atoms with Gasteiger partial charge in [-0.1, -0.05) is 6.92 Å². The third kappa shape index (κ3) is 1.28. The summed E-state index contributed by atoms with van der Waals surface area (Å²) >= 11 is 0. The second-order valence-electron chi connectivity index (χ2n) is 3.86. The number of aromatic nitrogens is 2. The zero-order chi connectivity index (χ0) is 9.42. The Bertz CT molecular complexity index is 341. The molecule has 1 aromatic heterocycles. The summed E-state index contributed by atoms with van der Waals surface area (Å²) in [6.45, 7) is 5.20. The zero-order valence-corrected chi connectivity index (χ0v) is 8.08. The third-order valence-electron chi connectivity index (χ3n) is 2.79. The van der Waals surface area contributed by atoms with Gasteiger partial charge in [0.05, 0.1) is 0 Å². The second kappa shape index (κ2) is 2.98. The fraction of sp³-hybridized carbons (Fsp3) is 0.600. The molecule has 0 aliphatic carbocycles. The van der Waals surface area contributed by atoms with Crippen molar-refractivity contribution in [2.75, 3.05) is 0 Å². The summed E-state index contributed by atoms with van der Waals surface area (Å²) in [4.78, 5) is 15.0. The first-order valence-electron chi connectivity index (χ1n) is 4.73. The molecule has 1 aliphatic rings. The number of carbonyl (C=O) groups excluding carboxylic acids is 1. The van der Waals surface area contributed by atoms with Gasteiger partial charge in [-0.05, 0) is 25.7 Å². The summed E-state index contributed by atoms with van der Waals surface area (Å²) < 4.78 is 2.17. The molecule has 0 bridgehead atoms. The molecule has 1 aliphatic heterocycles. The fourth-order valence-electron chi connectivity index (χ4n) is 2.02. The summed E-state index contributed by atoms with van der Waals surface area (Å²) in [6, 6.07) is 0. The van der Waals surface area contributed by atoms with Crippen LogP contribution in [0.15, 0.2) is 0 Å². The molecule has 0 fully saturated rings. The summed E-state index contributed by atoms with van der Waals surface area (Å²) in [7, 11) is 0. The second-order valence-corrected chi connectivity index (χ2v) is 3.86. The van der Waals surface area contributed by atoms with Gasteiger partial charge in [-0.2, -0.15) is 0 Å². The predicted molar refractivity (Wildman–Crippen MR) is 49.8 cm³/mol. The number of nitrogens with zero attached hydrogens (tertiary/aromatic N) is 2. The van der Waals surface area contributed by atoms with E-state index < -0.39 is 0 Å². The van der Waals surface area contributed by atoms with E-state index in [1.54, 1.807) is 0 Å². The van der Waals surface area contributed by atoms with Gasteiger partial charge in [0.15, 0.2) is 6.29 Å². The van der Waals surface area contributed by atoms with Gasteiger partial charge < -0.3 is 4.57 Å². The Hall–Kier alpha value is -1.12. The average Bonchev–Trinajstić information content (AvgIpc) is 2.42. The Kier molecular flexibility index (Phi) is 1.94. The molecular formula is C10H14N2O. The highest BCUT2D eigenvalue weighted by atomic mass is 16.1. The van der Waals surface area contributed by atoms with Crippen molar-refractivity contribution in [1.29, 1.82) is 0 Å². The molecule has 13 heavy (non-hydrogen) atoms. The van der Waals surface area contributed by atoms with Crippen LogP contribution in [0.5, 0.6) is 0 Å². The van der Waals surface area contributed by atoms with E-state index in [4.69, 9.17) is 0 Å². The summed E-state index contributed by atoms with van der Waals surface area (Å²) in [5.41, 5.74) is 1.77. The first-order chi connectivity index (χ1) is 6.22. The minimum atomic E-state index is 0.643. The lowest BCUT2D eigenvalue weighted by molar-refractivity contribution is 0.111. The largest absolute Gasteiger partial charge is 0.332 e. The minimum Gasteiger partial charge on any atom is -0.332 e. The van der Waals surface area contributed by atoms with E-state index in [1.807, 2.05) is 6.92 Å². The highest BCUT2D eigenvalue weighted by Gasteiger charge is 2.20. The number of aldehydes is 1. The van der Waals surface area contributed by atoms with Crippen LogP contribution < -0.4 is 0 Å². The Morgan fingerprint density at radius 3 is 3.08 bits per heavy atom. The Morgan fingerprint density at radius 1 is 1.62 bits per heavy atom. The number of fused-ring (bicyclic) bond motifs is 1. The van der Waals surface area contributed by atoms with Gasteiger partial charge >= 0.3 is 0 Å². The van der Waals surface area contributed by atoms with E-state index in [2.05, 4.69) is 16.5 Å². The van der Waals surface area contributed by atoms with Gasteiger partial charge in [0, 0.05) is 12.2 Å². The van der Waals surface area contributed by atoms with Crippen LogP contribution in [0.3, 0.4) is 0 Å². The highest BCUT2D eigenvalue weighted by molar-refractivity contribution is 5.74.